The molecule has 0 bridgehead atoms. The van der Waals surface area contributed by atoms with Crippen LogP contribution in [0, 0.1) is 0 Å². The summed E-state index contributed by atoms with van der Waals surface area (Å²) in [6, 6.07) is 84.8. The highest BCUT2D eigenvalue weighted by Crippen LogP contribution is 2.60. The molecule has 0 aliphatic carbocycles. The molecule has 0 saturated heterocycles. The summed E-state index contributed by atoms with van der Waals surface area (Å²) in [5.41, 5.74) is 11.1. The number of nitrogens with zero attached hydrogens (tertiary/aromatic N) is 1. The highest BCUT2D eigenvalue weighted by molar-refractivity contribution is 7.99. The Labute approximate surface area is 343 Å². The molecule has 10 aromatic rings. The second kappa shape index (κ2) is 12.9. The van der Waals surface area contributed by atoms with Gasteiger partial charge in [0.05, 0.1) is 22.1 Å². The second-order valence-corrected chi connectivity index (χ2v) is 20.5. The lowest BCUT2D eigenvalue weighted by Gasteiger charge is -2.46. The fraction of sp³-hybridized carbons (Fsp3) is 0.0182. The predicted molar refractivity (Wildman–Crippen MR) is 246 cm³/mol. The van der Waals surface area contributed by atoms with E-state index in [1.807, 2.05) is 11.8 Å². The van der Waals surface area contributed by atoms with Crippen molar-refractivity contribution in [1.29, 1.82) is 0 Å². The van der Waals surface area contributed by atoms with Gasteiger partial charge in [-0.25, -0.2) is 0 Å². The Kier molecular flexibility index (Phi) is 7.47. The van der Waals surface area contributed by atoms with Crippen LogP contribution in [0.5, 0.6) is 0 Å². The largest absolute Gasteiger partial charge is 0.309 e. The van der Waals surface area contributed by atoms with Gasteiger partial charge in [-0.3, -0.25) is 0 Å². The van der Waals surface area contributed by atoms with Gasteiger partial charge in [-0.1, -0.05) is 212 Å². The first kappa shape index (κ1) is 33.5. The highest BCUT2D eigenvalue weighted by atomic mass is 32.2. The number of fused-ring (bicyclic) bond motifs is 11. The van der Waals surface area contributed by atoms with Crippen molar-refractivity contribution in [3.63, 3.8) is 0 Å². The van der Waals surface area contributed by atoms with Crippen LogP contribution in [0.25, 0.3) is 38.6 Å². The van der Waals surface area contributed by atoms with Crippen molar-refractivity contribution in [3.05, 3.63) is 247 Å². The van der Waals surface area contributed by atoms with Gasteiger partial charge >= 0.3 is 0 Å². The van der Waals surface area contributed by atoms with E-state index in [2.05, 4.69) is 229 Å². The molecule has 0 atom stereocenters. The lowest BCUT2D eigenvalue weighted by atomic mass is 9.63. The zero-order chi connectivity index (χ0) is 38.3. The molecule has 2 aliphatic rings. The van der Waals surface area contributed by atoms with E-state index in [1.54, 1.807) is 0 Å². The maximum Gasteiger partial charge on any atom is 0.179 e. The quantitative estimate of drug-likeness (QED) is 0.125. The van der Waals surface area contributed by atoms with E-state index in [0.717, 1.165) is 0 Å². The maximum absolute atomic E-state index is 2.97. The zero-order valence-electron chi connectivity index (χ0n) is 31.7. The van der Waals surface area contributed by atoms with Crippen LogP contribution < -0.4 is 20.7 Å². The van der Waals surface area contributed by atoms with Crippen LogP contribution in [0.4, 0.5) is 0 Å². The normalized spacial score (nSPS) is 13.6. The van der Waals surface area contributed by atoms with Crippen LogP contribution in [0.2, 0.25) is 0 Å². The SMILES string of the molecule is c1ccc(-c2cccc([Si](c3ccccc3)(c3ccccc3)c3ccc4c(c3)-n3c5ccccc5c5cccc(c53)C43c4ccccc4Sc4ccccc43)c2)cc1. The van der Waals surface area contributed by atoms with Crippen molar-refractivity contribution < 1.29 is 0 Å². The molecule has 12 rings (SSSR count). The molecule has 3 heterocycles. The van der Waals surface area contributed by atoms with Crippen molar-refractivity contribution in [2.75, 3.05) is 0 Å². The van der Waals surface area contributed by atoms with Crippen LogP contribution in [0.15, 0.2) is 234 Å². The Morgan fingerprint density at radius 2 is 0.879 bits per heavy atom. The molecule has 272 valence electrons. The van der Waals surface area contributed by atoms with Crippen LogP contribution in [0.3, 0.4) is 0 Å². The number of hydrogen-bond acceptors (Lipinski definition) is 1. The van der Waals surface area contributed by atoms with Crippen molar-refractivity contribution in [3.8, 4) is 16.8 Å². The number of para-hydroxylation sites is 2. The molecule has 0 saturated carbocycles. The average Bonchev–Trinajstić information content (AvgIpc) is 3.64. The summed E-state index contributed by atoms with van der Waals surface area (Å²) >= 11 is 1.90. The number of benzene rings is 9. The van der Waals surface area contributed by atoms with Gasteiger partial charge in [0.25, 0.3) is 0 Å². The number of hydrogen-bond donors (Lipinski definition) is 0. The molecule has 0 unspecified atom stereocenters. The third-order valence-electron chi connectivity index (χ3n) is 12.8. The number of rotatable bonds is 5. The summed E-state index contributed by atoms with van der Waals surface area (Å²) in [5.74, 6) is 0. The highest BCUT2D eigenvalue weighted by Gasteiger charge is 2.50. The van der Waals surface area contributed by atoms with E-state index in [0.29, 0.717) is 0 Å². The monoisotopic (exact) mass is 771 g/mol. The van der Waals surface area contributed by atoms with Crippen molar-refractivity contribution in [2.45, 2.75) is 15.2 Å². The van der Waals surface area contributed by atoms with Gasteiger partial charge < -0.3 is 4.57 Å². The molecule has 58 heavy (non-hydrogen) atoms. The van der Waals surface area contributed by atoms with E-state index < -0.39 is 13.5 Å². The van der Waals surface area contributed by atoms with Gasteiger partial charge in [-0.05, 0) is 78.4 Å². The van der Waals surface area contributed by atoms with Crippen LogP contribution in [-0.4, -0.2) is 12.6 Å². The molecule has 0 N–H and O–H groups in total. The fourth-order valence-corrected chi connectivity index (χ4v) is 16.5. The topological polar surface area (TPSA) is 4.93 Å². The molecule has 1 nitrogen and oxygen atoms in total. The third-order valence-corrected chi connectivity index (χ3v) is 18.7. The summed E-state index contributed by atoms with van der Waals surface area (Å²) in [7, 11) is -2.97. The van der Waals surface area contributed by atoms with Crippen molar-refractivity contribution in [2.24, 2.45) is 0 Å². The lowest BCUT2D eigenvalue weighted by Crippen LogP contribution is -2.74. The Morgan fingerprint density at radius 1 is 0.362 bits per heavy atom. The summed E-state index contributed by atoms with van der Waals surface area (Å²) in [5, 5.41) is 8.03. The van der Waals surface area contributed by atoms with Gasteiger partial charge in [0.15, 0.2) is 8.07 Å². The molecule has 2 aliphatic heterocycles. The molecular formula is C55H37NSSi. The molecule has 0 amide bonds. The minimum Gasteiger partial charge on any atom is -0.309 e. The fourth-order valence-electron chi connectivity index (χ4n) is 10.5. The smallest absolute Gasteiger partial charge is 0.179 e. The van der Waals surface area contributed by atoms with E-state index >= 15 is 0 Å². The number of aromatic nitrogens is 1. The van der Waals surface area contributed by atoms with Crippen molar-refractivity contribution in [1.82, 2.24) is 4.57 Å². The second-order valence-electron chi connectivity index (χ2n) is 15.6. The van der Waals surface area contributed by atoms with Crippen LogP contribution in [0.1, 0.15) is 22.3 Å². The van der Waals surface area contributed by atoms with E-state index in [4.69, 9.17) is 0 Å². The zero-order valence-corrected chi connectivity index (χ0v) is 33.5. The minimum atomic E-state index is -2.97. The molecule has 1 spiro atoms. The summed E-state index contributed by atoms with van der Waals surface area (Å²) in [4.78, 5) is 2.63. The summed E-state index contributed by atoms with van der Waals surface area (Å²) < 4.78 is 2.60. The van der Waals surface area contributed by atoms with Gasteiger partial charge in [-0.2, -0.15) is 0 Å². The lowest BCUT2D eigenvalue weighted by molar-refractivity contribution is 0.690. The summed E-state index contributed by atoms with van der Waals surface area (Å²) in [6.07, 6.45) is 0. The van der Waals surface area contributed by atoms with Gasteiger partial charge in [0.1, 0.15) is 0 Å². The molecule has 3 heteroatoms. The van der Waals surface area contributed by atoms with E-state index in [1.165, 1.54) is 91.4 Å². The Hall–Kier alpha value is -6.65. The third kappa shape index (κ3) is 4.54. The van der Waals surface area contributed by atoms with E-state index in [-0.39, 0.29) is 0 Å². The van der Waals surface area contributed by atoms with Gasteiger partial charge in [-0.15, -0.1) is 0 Å². The maximum atomic E-state index is 2.60. The average molecular weight is 772 g/mol. The first-order valence-electron chi connectivity index (χ1n) is 20.1. The molecule has 1 aromatic heterocycles. The molecule has 0 fully saturated rings. The van der Waals surface area contributed by atoms with E-state index in [9.17, 15) is 0 Å². The standard InChI is InChI=1S/C55H37NSSi/c1-4-18-38(19-5-1)39-20-16-25-42(36-39)58(40-21-6-2-7-22-40,41-23-8-3-9-24-41)43-34-35-46-51(37-43)56-50-31-13-10-26-44(50)45-27-17-30-49(54(45)56)55(46)47-28-11-14-32-52(47)57-53-33-15-12-29-48(53)55/h1-37H. The summed E-state index contributed by atoms with van der Waals surface area (Å²) in [6.45, 7) is 0. The van der Waals surface area contributed by atoms with Crippen LogP contribution >= 0.6 is 11.8 Å². The first-order chi connectivity index (χ1) is 28.8. The van der Waals surface area contributed by atoms with Gasteiger partial charge in [0.2, 0.25) is 0 Å². The molecule has 0 radical (unpaired) electrons. The predicted octanol–water partition coefficient (Wildman–Crippen LogP) is 11.0. The van der Waals surface area contributed by atoms with Crippen molar-refractivity contribution >= 4 is 62.4 Å². The van der Waals surface area contributed by atoms with Gasteiger partial charge in [0, 0.05) is 20.6 Å². The Balaban J connectivity index is 1.26. The Bertz CT molecular complexity index is 3120. The molecular weight excluding hydrogens is 735 g/mol. The van der Waals surface area contributed by atoms with Crippen LogP contribution in [-0.2, 0) is 5.41 Å². The first-order valence-corrected chi connectivity index (χ1v) is 22.9. The minimum absolute atomic E-state index is 0.521. The Morgan fingerprint density at radius 3 is 1.59 bits per heavy atom. The molecule has 9 aromatic carbocycles.